The van der Waals surface area contributed by atoms with Crippen molar-refractivity contribution in [2.45, 2.75) is 18.6 Å². The number of aliphatic hydroxyl groups excluding tert-OH is 2. The summed E-state index contributed by atoms with van der Waals surface area (Å²) in [5.74, 6) is -0.593. The summed E-state index contributed by atoms with van der Waals surface area (Å²) in [5.41, 5.74) is 4.14. The van der Waals surface area contributed by atoms with Gasteiger partial charge in [0.2, 0.25) is 0 Å². The van der Waals surface area contributed by atoms with Gasteiger partial charge < -0.3 is 21.1 Å². The lowest BCUT2D eigenvalue weighted by atomic mass is 9.98. The molecule has 2 atom stereocenters. The molecule has 0 heterocycles. The Morgan fingerprint density at radius 2 is 2.05 bits per heavy atom. The molecule has 0 spiro atoms. The van der Waals surface area contributed by atoms with Crippen molar-refractivity contribution in [3.05, 3.63) is 33.4 Å². The topological polar surface area (TPSA) is 147 Å². The van der Waals surface area contributed by atoms with Gasteiger partial charge in [-0.1, -0.05) is 0 Å². The normalized spacial score (nSPS) is 13.8. The summed E-state index contributed by atoms with van der Waals surface area (Å²) in [5, 5.41) is 39.8. The summed E-state index contributed by atoms with van der Waals surface area (Å²) in [7, 11) is 0. The number of nitro groups is 1. The number of hydrogen-bond acceptors (Lipinski definition) is 7. The summed E-state index contributed by atoms with van der Waals surface area (Å²) in [6, 6.07) is 1.79. The van der Waals surface area contributed by atoms with Gasteiger partial charge in [-0.15, -0.1) is 0 Å². The third kappa shape index (κ3) is 3.25. The summed E-state index contributed by atoms with van der Waals surface area (Å²) < 4.78 is 0. The lowest BCUT2D eigenvalue weighted by molar-refractivity contribution is -0.385. The number of nitrogens with zero attached hydrogens (tertiary/aromatic N) is 1. The van der Waals surface area contributed by atoms with Crippen molar-refractivity contribution in [2.24, 2.45) is 5.73 Å². The van der Waals surface area contributed by atoms with Crippen molar-refractivity contribution in [1.29, 1.82) is 0 Å². The maximum absolute atomic E-state index is 10.7. The highest BCUT2D eigenvalue weighted by molar-refractivity contribution is 5.81. The van der Waals surface area contributed by atoms with Gasteiger partial charge in [-0.2, -0.15) is 0 Å². The first-order chi connectivity index (χ1) is 8.92. The van der Waals surface area contributed by atoms with Crippen LogP contribution in [-0.2, 0) is 0 Å². The van der Waals surface area contributed by atoms with E-state index in [0.29, 0.717) is 0 Å². The van der Waals surface area contributed by atoms with Gasteiger partial charge in [-0.05, 0) is 13.0 Å². The van der Waals surface area contributed by atoms with Gasteiger partial charge in [0, 0.05) is 17.7 Å². The van der Waals surface area contributed by atoms with E-state index in [1.54, 1.807) is 0 Å². The predicted molar refractivity (Wildman–Crippen MR) is 64.8 cm³/mol. The van der Waals surface area contributed by atoms with Gasteiger partial charge in [-0.25, -0.2) is 0 Å². The lowest BCUT2D eigenvalue weighted by Gasteiger charge is -2.18. The number of phenols is 1. The molecular formula is C11H14N2O6. The van der Waals surface area contributed by atoms with Gasteiger partial charge in [0.15, 0.2) is 6.29 Å². The van der Waals surface area contributed by atoms with Crippen molar-refractivity contribution >= 4 is 12.0 Å². The number of aldehydes is 1. The van der Waals surface area contributed by atoms with Gasteiger partial charge >= 0.3 is 0 Å². The molecule has 1 aromatic rings. The second-order valence-electron chi connectivity index (χ2n) is 3.94. The first kappa shape index (κ1) is 15.0. The summed E-state index contributed by atoms with van der Waals surface area (Å²) in [6.45, 7) is 0.0917. The Balaban J connectivity index is 3.28. The van der Waals surface area contributed by atoms with E-state index in [-0.39, 0.29) is 30.4 Å². The molecule has 0 aliphatic heterocycles. The van der Waals surface area contributed by atoms with Crippen LogP contribution in [0.15, 0.2) is 12.1 Å². The van der Waals surface area contributed by atoms with Gasteiger partial charge in [-0.3, -0.25) is 14.9 Å². The zero-order valence-corrected chi connectivity index (χ0v) is 9.89. The number of hydrogen-bond donors (Lipinski definition) is 4. The number of nitro benzene ring substituents is 1. The second-order valence-corrected chi connectivity index (χ2v) is 3.94. The van der Waals surface area contributed by atoms with E-state index in [1.807, 2.05) is 0 Å². The van der Waals surface area contributed by atoms with Crippen LogP contribution >= 0.6 is 0 Å². The van der Waals surface area contributed by atoms with Gasteiger partial charge in [0.1, 0.15) is 11.9 Å². The average Bonchev–Trinajstić information content (AvgIpc) is 2.38. The van der Waals surface area contributed by atoms with Gasteiger partial charge in [0.25, 0.3) is 5.69 Å². The van der Waals surface area contributed by atoms with Crippen LogP contribution in [0, 0.1) is 10.1 Å². The van der Waals surface area contributed by atoms with Crippen LogP contribution in [0.5, 0.6) is 5.75 Å². The maximum Gasteiger partial charge on any atom is 0.270 e. The van der Waals surface area contributed by atoms with Crippen LogP contribution in [0.3, 0.4) is 0 Å². The van der Waals surface area contributed by atoms with Crippen molar-refractivity contribution < 1.29 is 25.0 Å². The monoisotopic (exact) mass is 270 g/mol. The van der Waals surface area contributed by atoms with E-state index in [9.17, 15) is 30.2 Å². The molecule has 0 aliphatic rings. The zero-order chi connectivity index (χ0) is 14.6. The molecule has 0 fully saturated rings. The van der Waals surface area contributed by atoms with Crippen LogP contribution in [0.25, 0.3) is 0 Å². The number of rotatable bonds is 6. The van der Waals surface area contributed by atoms with E-state index in [2.05, 4.69) is 0 Å². The molecule has 0 bridgehead atoms. The fourth-order valence-electron chi connectivity index (χ4n) is 1.62. The molecule has 8 heteroatoms. The Labute approximate surface area is 108 Å². The molecule has 2 unspecified atom stereocenters. The molecule has 19 heavy (non-hydrogen) atoms. The maximum atomic E-state index is 10.7. The molecule has 0 radical (unpaired) electrons. The molecule has 0 aromatic heterocycles. The molecule has 5 N–H and O–H groups in total. The number of non-ortho nitro benzene ring substituents is 1. The number of carbonyl (C=O) groups is 1. The number of nitrogens with two attached hydrogens (primary N) is 1. The quantitative estimate of drug-likeness (QED) is 0.319. The van der Waals surface area contributed by atoms with Crippen molar-refractivity contribution in [3.63, 3.8) is 0 Å². The Morgan fingerprint density at radius 1 is 1.42 bits per heavy atom. The van der Waals surface area contributed by atoms with E-state index >= 15 is 0 Å². The molecule has 1 aromatic carbocycles. The van der Waals surface area contributed by atoms with E-state index in [0.717, 1.165) is 12.1 Å². The average molecular weight is 270 g/mol. The Hall–Kier alpha value is -2.03. The summed E-state index contributed by atoms with van der Waals surface area (Å²) in [6.07, 6.45) is -2.59. The largest absolute Gasteiger partial charge is 0.507 e. The molecule has 0 amide bonds. The molecule has 0 aliphatic carbocycles. The van der Waals surface area contributed by atoms with Crippen molar-refractivity contribution in [1.82, 2.24) is 0 Å². The summed E-state index contributed by atoms with van der Waals surface area (Å²) >= 11 is 0. The lowest BCUT2D eigenvalue weighted by Crippen LogP contribution is -2.22. The summed E-state index contributed by atoms with van der Waals surface area (Å²) in [4.78, 5) is 20.7. The number of carbonyl (C=O) groups excluding carboxylic acids is 1. The fraction of sp³-hybridized carbons (Fsp3) is 0.364. The SMILES string of the molecule is NCCC(O)C(O)c1cc([N+](=O)[O-])cc(C=O)c1O. The number of phenolic OH excluding ortho intramolecular Hbond substituents is 1. The number of aliphatic hydroxyl groups is 2. The number of benzene rings is 1. The molecule has 8 nitrogen and oxygen atoms in total. The third-order valence-electron chi connectivity index (χ3n) is 2.64. The van der Waals surface area contributed by atoms with Crippen LogP contribution in [0.1, 0.15) is 28.4 Å². The minimum absolute atomic E-state index is 0.0414. The van der Waals surface area contributed by atoms with Crippen LogP contribution in [0.2, 0.25) is 0 Å². The third-order valence-corrected chi connectivity index (χ3v) is 2.64. The van der Waals surface area contributed by atoms with Gasteiger partial charge in [0.05, 0.1) is 16.6 Å². The minimum Gasteiger partial charge on any atom is -0.507 e. The first-order valence-electron chi connectivity index (χ1n) is 5.45. The van der Waals surface area contributed by atoms with E-state index in [1.165, 1.54) is 0 Å². The standard InChI is InChI=1S/C11H14N2O6/c12-2-1-9(15)11(17)8-4-7(13(18)19)3-6(5-14)10(8)16/h3-5,9,11,15-17H,1-2,12H2. The Kier molecular flexibility index (Phi) is 4.93. The molecule has 104 valence electrons. The van der Waals surface area contributed by atoms with Crippen LogP contribution in [0.4, 0.5) is 5.69 Å². The van der Waals surface area contributed by atoms with E-state index < -0.39 is 28.6 Å². The highest BCUT2D eigenvalue weighted by atomic mass is 16.6. The smallest absolute Gasteiger partial charge is 0.270 e. The second kappa shape index (κ2) is 6.23. The van der Waals surface area contributed by atoms with Crippen LogP contribution in [-0.4, -0.2) is 39.2 Å². The molecule has 0 saturated carbocycles. The highest BCUT2D eigenvalue weighted by Crippen LogP contribution is 2.33. The van der Waals surface area contributed by atoms with Crippen molar-refractivity contribution in [2.75, 3.05) is 6.54 Å². The molecule has 1 rings (SSSR count). The molecule has 0 saturated heterocycles. The zero-order valence-electron chi connectivity index (χ0n) is 9.89. The highest BCUT2D eigenvalue weighted by Gasteiger charge is 2.25. The van der Waals surface area contributed by atoms with E-state index in [4.69, 9.17) is 5.73 Å². The fourth-order valence-corrected chi connectivity index (χ4v) is 1.62. The Bertz CT molecular complexity index is 490. The molecular weight excluding hydrogens is 256 g/mol. The predicted octanol–water partition coefficient (Wildman–Crippen LogP) is -0.144. The minimum atomic E-state index is -1.57. The number of aromatic hydroxyl groups is 1. The Morgan fingerprint density at radius 3 is 2.53 bits per heavy atom. The van der Waals surface area contributed by atoms with Crippen LogP contribution < -0.4 is 5.73 Å². The van der Waals surface area contributed by atoms with Crippen molar-refractivity contribution in [3.8, 4) is 5.75 Å². The first-order valence-corrected chi connectivity index (χ1v) is 5.45.